The number of aromatic nitrogens is 2. The summed E-state index contributed by atoms with van der Waals surface area (Å²) in [6.45, 7) is 0. The van der Waals surface area contributed by atoms with Crippen LogP contribution < -0.4 is 0 Å². The van der Waals surface area contributed by atoms with Crippen LogP contribution >= 0.6 is 23.2 Å². The predicted octanol–water partition coefficient (Wildman–Crippen LogP) is 5.32. The zero-order chi connectivity index (χ0) is 15.8. The maximum Gasteiger partial charge on any atom is 0.0954 e. The van der Waals surface area contributed by atoms with Crippen LogP contribution in [0.15, 0.2) is 55.1 Å². The summed E-state index contributed by atoms with van der Waals surface area (Å²) in [4.78, 5) is 4.20. The van der Waals surface area contributed by atoms with E-state index in [-0.39, 0.29) is 6.04 Å². The van der Waals surface area contributed by atoms with Gasteiger partial charge >= 0.3 is 0 Å². The second kappa shape index (κ2) is 6.03. The van der Waals surface area contributed by atoms with E-state index in [1.54, 1.807) is 6.20 Å². The van der Waals surface area contributed by atoms with Gasteiger partial charge < -0.3 is 4.57 Å². The van der Waals surface area contributed by atoms with Gasteiger partial charge in [-0.05, 0) is 53.6 Å². The van der Waals surface area contributed by atoms with Gasteiger partial charge in [-0.1, -0.05) is 47.5 Å². The number of aryl methyl sites for hydroxylation is 2. The summed E-state index contributed by atoms with van der Waals surface area (Å²) in [7, 11) is 0. The molecule has 0 radical (unpaired) electrons. The summed E-state index contributed by atoms with van der Waals surface area (Å²) in [5.41, 5.74) is 4.90. The Bertz CT molecular complexity index is 841. The van der Waals surface area contributed by atoms with Crippen molar-refractivity contribution in [2.24, 2.45) is 0 Å². The zero-order valence-corrected chi connectivity index (χ0v) is 14.1. The average molecular weight is 343 g/mol. The van der Waals surface area contributed by atoms with Crippen molar-refractivity contribution in [2.75, 3.05) is 0 Å². The highest BCUT2D eigenvalue weighted by atomic mass is 35.5. The third-order valence-electron chi connectivity index (χ3n) is 4.53. The van der Waals surface area contributed by atoms with E-state index < -0.39 is 0 Å². The fraction of sp³-hybridized carbons (Fsp3) is 0.211. The van der Waals surface area contributed by atoms with Crippen molar-refractivity contribution >= 4 is 23.2 Å². The van der Waals surface area contributed by atoms with E-state index in [4.69, 9.17) is 23.2 Å². The first-order valence-electron chi connectivity index (χ1n) is 7.77. The SMILES string of the molecule is Clc1ccccc1C(c1cc2c(cc1Cl)CCC2)n1ccnc1. The lowest BCUT2D eigenvalue weighted by atomic mass is 9.95. The Morgan fingerprint density at radius 1 is 0.957 bits per heavy atom. The van der Waals surface area contributed by atoms with Gasteiger partial charge in [0.25, 0.3) is 0 Å². The molecule has 3 aromatic rings. The molecule has 0 aliphatic heterocycles. The fourth-order valence-corrected chi connectivity index (χ4v) is 3.96. The molecule has 23 heavy (non-hydrogen) atoms. The van der Waals surface area contributed by atoms with Crippen LogP contribution in [0.4, 0.5) is 0 Å². The van der Waals surface area contributed by atoms with E-state index in [1.807, 2.05) is 30.7 Å². The number of nitrogens with zero attached hydrogens (tertiary/aromatic N) is 2. The van der Waals surface area contributed by atoms with Crippen molar-refractivity contribution < 1.29 is 0 Å². The topological polar surface area (TPSA) is 17.8 Å². The summed E-state index contributed by atoms with van der Waals surface area (Å²) in [5, 5.41) is 1.53. The molecule has 4 heteroatoms. The molecule has 0 N–H and O–H groups in total. The molecule has 0 saturated heterocycles. The molecular formula is C19H16Cl2N2. The van der Waals surface area contributed by atoms with Gasteiger partial charge in [0, 0.05) is 22.4 Å². The molecule has 0 amide bonds. The van der Waals surface area contributed by atoms with Crippen LogP contribution in [-0.4, -0.2) is 9.55 Å². The van der Waals surface area contributed by atoms with Gasteiger partial charge in [0.1, 0.15) is 0 Å². The number of hydrogen-bond donors (Lipinski definition) is 0. The highest BCUT2D eigenvalue weighted by Crippen LogP contribution is 2.38. The normalized spacial score (nSPS) is 14.7. The Morgan fingerprint density at radius 2 is 1.74 bits per heavy atom. The van der Waals surface area contributed by atoms with E-state index >= 15 is 0 Å². The number of imidazole rings is 1. The molecule has 1 unspecified atom stereocenters. The largest absolute Gasteiger partial charge is 0.326 e. The summed E-state index contributed by atoms with van der Waals surface area (Å²) < 4.78 is 2.06. The molecule has 1 atom stereocenters. The highest BCUT2D eigenvalue weighted by Gasteiger charge is 2.23. The number of rotatable bonds is 3. The van der Waals surface area contributed by atoms with Crippen molar-refractivity contribution in [3.05, 3.63) is 87.4 Å². The van der Waals surface area contributed by atoms with Crippen molar-refractivity contribution in [1.29, 1.82) is 0 Å². The van der Waals surface area contributed by atoms with Crippen LogP contribution in [0.3, 0.4) is 0 Å². The van der Waals surface area contributed by atoms with Gasteiger partial charge in [-0.25, -0.2) is 4.98 Å². The molecule has 1 heterocycles. The van der Waals surface area contributed by atoms with E-state index in [9.17, 15) is 0 Å². The van der Waals surface area contributed by atoms with Crippen LogP contribution in [0, 0.1) is 0 Å². The van der Waals surface area contributed by atoms with Crippen LogP contribution in [0.2, 0.25) is 10.0 Å². The quantitative estimate of drug-likeness (QED) is 0.630. The number of hydrogen-bond acceptors (Lipinski definition) is 1. The van der Waals surface area contributed by atoms with Crippen molar-refractivity contribution in [1.82, 2.24) is 9.55 Å². The molecule has 1 aliphatic rings. The molecule has 1 aromatic heterocycles. The summed E-state index contributed by atoms with van der Waals surface area (Å²) in [6.07, 6.45) is 9.01. The Balaban J connectivity index is 1.92. The van der Waals surface area contributed by atoms with Gasteiger partial charge in [-0.3, -0.25) is 0 Å². The minimum atomic E-state index is -0.0652. The first-order chi connectivity index (χ1) is 11.2. The van der Waals surface area contributed by atoms with Crippen LogP contribution in [0.25, 0.3) is 0 Å². The summed E-state index contributed by atoms with van der Waals surface area (Å²) >= 11 is 13.1. The van der Waals surface area contributed by atoms with E-state index in [0.29, 0.717) is 0 Å². The summed E-state index contributed by atoms with van der Waals surface area (Å²) in [5.74, 6) is 0. The third kappa shape index (κ3) is 2.66. The van der Waals surface area contributed by atoms with Crippen molar-refractivity contribution in [2.45, 2.75) is 25.3 Å². The molecule has 0 fully saturated rings. The minimum Gasteiger partial charge on any atom is -0.326 e. The molecule has 2 aromatic carbocycles. The molecule has 0 spiro atoms. The lowest BCUT2D eigenvalue weighted by molar-refractivity contribution is 0.676. The predicted molar refractivity (Wildman–Crippen MR) is 94.4 cm³/mol. The Hall–Kier alpha value is -1.77. The second-order valence-corrected chi connectivity index (χ2v) is 6.74. The van der Waals surface area contributed by atoms with Crippen LogP contribution in [0.1, 0.15) is 34.7 Å². The second-order valence-electron chi connectivity index (χ2n) is 5.93. The molecule has 1 aliphatic carbocycles. The lowest BCUT2D eigenvalue weighted by Gasteiger charge is -2.23. The summed E-state index contributed by atoms with van der Waals surface area (Å²) in [6, 6.07) is 12.2. The molecule has 0 bridgehead atoms. The monoisotopic (exact) mass is 342 g/mol. The van der Waals surface area contributed by atoms with Gasteiger partial charge in [0.05, 0.1) is 12.4 Å². The van der Waals surface area contributed by atoms with E-state index in [0.717, 1.165) is 34.0 Å². The van der Waals surface area contributed by atoms with Gasteiger partial charge in [-0.2, -0.15) is 0 Å². The zero-order valence-electron chi connectivity index (χ0n) is 12.5. The van der Waals surface area contributed by atoms with Crippen LogP contribution in [-0.2, 0) is 12.8 Å². The molecule has 4 rings (SSSR count). The van der Waals surface area contributed by atoms with Gasteiger partial charge in [-0.15, -0.1) is 0 Å². The van der Waals surface area contributed by atoms with Crippen LogP contribution in [0.5, 0.6) is 0 Å². The van der Waals surface area contributed by atoms with Crippen molar-refractivity contribution in [3.63, 3.8) is 0 Å². The Morgan fingerprint density at radius 3 is 2.48 bits per heavy atom. The number of fused-ring (bicyclic) bond motifs is 1. The minimum absolute atomic E-state index is 0.0652. The molecule has 116 valence electrons. The molecule has 0 saturated carbocycles. The number of benzene rings is 2. The standard InChI is InChI=1S/C19H16Cl2N2/c20-17-7-2-1-6-15(17)19(23-9-8-22-12-23)16-10-13-4-3-5-14(13)11-18(16)21/h1-2,6-12,19H,3-5H2. The smallest absolute Gasteiger partial charge is 0.0954 e. The molecular weight excluding hydrogens is 327 g/mol. The first-order valence-corrected chi connectivity index (χ1v) is 8.52. The van der Waals surface area contributed by atoms with E-state index in [1.165, 1.54) is 17.5 Å². The van der Waals surface area contributed by atoms with Gasteiger partial charge in [0.15, 0.2) is 0 Å². The fourth-order valence-electron chi connectivity index (χ4n) is 3.43. The highest BCUT2D eigenvalue weighted by molar-refractivity contribution is 6.32. The van der Waals surface area contributed by atoms with Crippen molar-refractivity contribution in [3.8, 4) is 0 Å². The Kier molecular flexibility index (Phi) is 3.88. The maximum absolute atomic E-state index is 6.64. The van der Waals surface area contributed by atoms with E-state index in [2.05, 4.69) is 27.8 Å². The average Bonchev–Trinajstić information content (AvgIpc) is 3.21. The first kappa shape index (κ1) is 14.8. The number of halogens is 2. The maximum atomic E-state index is 6.64. The van der Waals surface area contributed by atoms with Gasteiger partial charge in [0.2, 0.25) is 0 Å². The molecule has 2 nitrogen and oxygen atoms in total. The lowest BCUT2D eigenvalue weighted by Crippen LogP contribution is -2.12. The third-order valence-corrected chi connectivity index (χ3v) is 5.20. The Labute approximate surface area is 145 Å².